The van der Waals surface area contributed by atoms with Crippen LogP contribution in [0.4, 0.5) is 5.69 Å². The molecule has 39 heavy (non-hydrogen) atoms. The maximum Gasteiger partial charge on any atom is 0.317 e. The molecule has 1 aromatic rings. The van der Waals surface area contributed by atoms with Gasteiger partial charge in [-0.15, -0.1) is 0 Å². The topological polar surface area (TPSA) is 213 Å². The van der Waals surface area contributed by atoms with Crippen molar-refractivity contribution in [1.82, 2.24) is 25.9 Å². The van der Waals surface area contributed by atoms with E-state index < -0.39 is 29.9 Å². The lowest BCUT2D eigenvalue weighted by Crippen LogP contribution is -2.50. The molecule has 0 bridgehead atoms. The highest BCUT2D eigenvalue weighted by atomic mass is 32.1. The number of hydrogen-bond acceptors (Lipinski definition) is 10. The number of hydrogen-bond donors (Lipinski definition) is 8. The van der Waals surface area contributed by atoms with E-state index in [9.17, 15) is 29.4 Å². The molecule has 0 aliphatic heterocycles. The maximum atomic E-state index is 11.7. The number of nitrogens with zero attached hydrogens (tertiary/aromatic N) is 2. The first kappa shape index (κ1) is 33.6. The molecular formula is C23H36N6O9S. The van der Waals surface area contributed by atoms with Crippen LogP contribution in [-0.2, 0) is 30.4 Å². The second-order valence-electron chi connectivity index (χ2n) is 8.44. The average molecular weight is 573 g/mol. The molecule has 218 valence electrons. The molecule has 1 aromatic carbocycles. The molecule has 0 heterocycles. The molecule has 8 N–H and O–H groups in total. The summed E-state index contributed by atoms with van der Waals surface area (Å²) in [5.74, 6) is -4.27. The number of thiocarbonyl (C=S) groups is 1. The van der Waals surface area contributed by atoms with Crippen LogP contribution in [0.3, 0.4) is 0 Å². The Kier molecular flexibility index (Phi) is 16.2. The van der Waals surface area contributed by atoms with Crippen molar-refractivity contribution in [2.24, 2.45) is 0 Å². The number of carbonyl (C=O) groups is 4. The zero-order chi connectivity index (χ0) is 29.2. The molecule has 0 radical (unpaired) electrons. The molecule has 0 amide bonds. The van der Waals surface area contributed by atoms with Crippen molar-refractivity contribution in [2.75, 3.05) is 71.3 Å². The minimum atomic E-state index is -1.09. The lowest BCUT2D eigenvalue weighted by molar-refractivity contribution is -0.140. The average Bonchev–Trinajstić information content (AvgIpc) is 2.84. The SMILES string of the molecule is CONC(=S)Nc1ccc(C[C@@H](CNCC(=O)O)N(CCN(CCNCC(=O)O)CC(=O)O)CC(=O)O)cc1. The second-order valence-corrected chi connectivity index (χ2v) is 8.85. The first-order valence-corrected chi connectivity index (χ1v) is 12.3. The first-order valence-electron chi connectivity index (χ1n) is 11.9. The van der Waals surface area contributed by atoms with Crippen LogP contribution in [0.5, 0.6) is 0 Å². The van der Waals surface area contributed by atoms with Crippen LogP contribution >= 0.6 is 12.2 Å². The largest absolute Gasteiger partial charge is 0.480 e. The summed E-state index contributed by atoms with van der Waals surface area (Å²) in [7, 11) is 1.43. The molecule has 0 saturated heterocycles. The van der Waals surface area contributed by atoms with Gasteiger partial charge in [0.2, 0.25) is 0 Å². The van der Waals surface area contributed by atoms with Crippen LogP contribution in [0.25, 0.3) is 0 Å². The number of hydroxylamine groups is 1. The summed E-state index contributed by atoms with van der Waals surface area (Å²) >= 11 is 5.07. The van der Waals surface area contributed by atoms with Crippen LogP contribution < -0.4 is 21.4 Å². The van der Waals surface area contributed by atoms with Gasteiger partial charge in [-0.1, -0.05) is 12.1 Å². The van der Waals surface area contributed by atoms with E-state index >= 15 is 0 Å². The fraction of sp³-hybridized carbons (Fsp3) is 0.522. The minimum absolute atomic E-state index is 0.167. The third-order valence-electron chi connectivity index (χ3n) is 5.33. The van der Waals surface area contributed by atoms with E-state index in [2.05, 4.69) is 21.4 Å². The molecular weight excluding hydrogens is 536 g/mol. The lowest BCUT2D eigenvalue weighted by atomic mass is 10.0. The fourth-order valence-electron chi connectivity index (χ4n) is 3.65. The van der Waals surface area contributed by atoms with Crippen molar-refractivity contribution in [2.45, 2.75) is 12.5 Å². The molecule has 1 atom stereocenters. The Morgan fingerprint density at radius 3 is 2.05 bits per heavy atom. The summed E-state index contributed by atoms with van der Waals surface area (Å²) in [6.45, 7) is -0.259. The minimum Gasteiger partial charge on any atom is -0.480 e. The number of rotatable bonds is 21. The maximum absolute atomic E-state index is 11.7. The van der Waals surface area contributed by atoms with E-state index in [-0.39, 0.29) is 64.0 Å². The quantitative estimate of drug-likeness (QED) is 0.0481. The van der Waals surface area contributed by atoms with Gasteiger partial charge in [0, 0.05) is 44.5 Å². The van der Waals surface area contributed by atoms with Crippen LogP contribution in [0.1, 0.15) is 5.56 Å². The Morgan fingerprint density at radius 1 is 0.872 bits per heavy atom. The predicted octanol–water partition coefficient (Wildman–Crippen LogP) is -1.43. The number of anilines is 1. The standard InChI is InChI=1S/C23H36N6O9S/c1-38-27-23(39)26-17-4-2-16(3-5-17)10-18(11-25-13-20(32)33)29(15-22(36)37)9-8-28(14-21(34)35)7-6-24-12-19(30)31/h2-5,18,24-25H,6-15H2,1H3,(H,30,31)(H,32,33)(H,34,35)(H,36,37)(H2,26,27,39)/t18-/m0/s1. The third-order valence-corrected chi connectivity index (χ3v) is 5.52. The van der Waals surface area contributed by atoms with Gasteiger partial charge in [-0.25, -0.2) is 5.48 Å². The normalized spacial score (nSPS) is 11.8. The highest BCUT2D eigenvalue weighted by molar-refractivity contribution is 7.80. The van der Waals surface area contributed by atoms with Gasteiger partial charge < -0.3 is 36.4 Å². The highest BCUT2D eigenvalue weighted by Crippen LogP contribution is 2.14. The van der Waals surface area contributed by atoms with Crippen molar-refractivity contribution in [3.8, 4) is 0 Å². The van der Waals surface area contributed by atoms with E-state index in [0.717, 1.165) is 5.56 Å². The summed E-state index contributed by atoms with van der Waals surface area (Å²) in [4.78, 5) is 52.7. The fourth-order valence-corrected chi connectivity index (χ4v) is 3.85. The van der Waals surface area contributed by atoms with Gasteiger partial charge in [-0.3, -0.25) is 33.8 Å². The highest BCUT2D eigenvalue weighted by Gasteiger charge is 2.23. The lowest BCUT2D eigenvalue weighted by Gasteiger charge is -2.33. The predicted molar refractivity (Wildman–Crippen MR) is 145 cm³/mol. The first-order chi connectivity index (χ1) is 18.5. The van der Waals surface area contributed by atoms with Crippen molar-refractivity contribution < 1.29 is 44.4 Å². The van der Waals surface area contributed by atoms with Gasteiger partial charge in [0.05, 0.1) is 33.3 Å². The Morgan fingerprint density at radius 2 is 1.49 bits per heavy atom. The van der Waals surface area contributed by atoms with Crippen molar-refractivity contribution in [1.29, 1.82) is 0 Å². The van der Waals surface area contributed by atoms with Crippen molar-refractivity contribution >= 4 is 46.9 Å². The number of carboxylic acids is 4. The number of nitrogens with one attached hydrogen (secondary N) is 4. The summed E-state index contributed by atoms with van der Waals surface area (Å²) in [5, 5.41) is 45.3. The molecule has 16 heteroatoms. The summed E-state index contributed by atoms with van der Waals surface area (Å²) in [6, 6.07) is 6.77. The van der Waals surface area contributed by atoms with E-state index in [1.54, 1.807) is 21.9 Å². The Bertz CT molecular complexity index is 951. The molecule has 0 unspecified atom stereocenters. The number of aliphatic carboxylic acids is 4. The van der Waals surface area contributed by atoms with Gasteiger partial charge in [0.1, 0.15) is 0 Å². The van der Waals surface area contributed by atoms with Crippen molar-refractivity contribution in [3.05, 3.63) is 29.8 Å². The van der Waals surface area contributed by atoms with Gasteiger partial charge >= 0.3 is 23.9 Å². The van der Waals surface area contributed by atoms with Crippen LogP contribution in [0.2, 0.25) is 0 Å². The summed E-state index contributed by atoms with van der Waals surface area (Å²) in [5.41, 5.74) is 4.04. The van der Waals surface area contributed by atoms with Crippen LogP contribution in [0.15, 0.2) is 24.3 Å². The molecule has 0 saturated carbocycles. The molecule has 0 aliphatic rings. The molecule has 1 rings (SSSR count). The Hall–Kier alpha value is -3.41. The molecule has 0 fully saturated rings. The zero-order valence-electron chi connectivity index (χ0n) is 21.6. The molecule has 0 spiro atoms. The van der Waals surface area contributed by atoms with Crippen LogP contribution in [0, 0.1) is 0 Å². The van der Waals surface area contributed by atoms with E-state index in [1.165, 1.54) is 7.11 Å². The van der Waals surface area contributed by atoms with E-state index in [0.29, 0.717) is 12.1 Å². The Balaban J connectivity index is 3.00. The summed E-state index contributed by atoms with van der Waals surface area (Å²) < 4.78 is 0. The van der Waals surface area contributed by atoms with Crippen molar-refractivity contribution in [3.63, 3.8) is 0 Å². The zero-order valence-corrected chi connectivity index (χ0v) is 22.4. The third kappa shape index (κ3) is 16.2. The number of carboxylic acid groups (broad SMARTS) is 4. The van der Waals surface area contributed by atoms with Crippen LogP contribution in [-0.4, -0.2) is 131 Å². The van der Waals surface area contributed by atoms with Gasteiger partial charge in [-0.05, 0) is 36.3 Å². The van der Waals surface area contributed by atoms with E-state index in [4.69, 9.17) is 27.3 Å². The number of benzene rings is 1. The molecule has 15 nitrogen and oxygen atoms in total. The Labute approximate surface area is 231 Å². The monoisotopic (exact) mass is 572 g/mol. The van der Waals surface area contributed by atoms with Gasteiger partial charge in [0.15, 0.2) is 5.11 Å². The molecule has 0 aliphatic carbocycles. The molecule has 0 aromatic heterocycles. The van der Waals surface area contributed by atoms with E-state index in [1.807, 2.05) is 12.1 Å². The summed E-state index contributed by atoms with van der Waals surface area (Å²) in [6.07, 6.45) is 0.375. The smallest absolute Gasteiger partial charge is 0.317 e. The second kappa shape index (κ2) is 18.8. The van der Waals surface area contributed by atoms with Gasteiger partial charge in [-0.2, -0.15) is 0 Å². The van der Waals surface area contributed by atoms with Gasteiger partial charge in [0.25, 0.3) is 0 Å².